The fourth-order valence-corrected chi connectivity index (χ4v) is 4.67. The van der Waals surface area contributed by atoms with E-state index in [-0.39, 0.29) is 6.04 Å². The molecular formula is C20H29ClN6O. The van der Waals surface area contributed by atoms with Gasteiger partial charge in [-0.1, -0.05) is 36.6 Å². The average Bonchev–Trinajstić information content (AvgIpc) is 3.41. The lowest BCUT2D eigenvalue weighted by Crippen LogP contribution is -2.51. The van der Waals surface area contributed by atoms with Gasteiger partial charge in [0.1, 0.15) is 0 Å². The number of rotatable bonds is 7. The topological polar surface area (TPSA) is 59.3 Å². The van der Waals surface area contributed by atoms with Gasteiger partial charge in [0.2, 0.25) is 0 Å². The van der Waals surface area contributed by atoms with Crippen molar-refractivity contribution in [1.82, 2.24) is 30.0 Å². The van der Waals surface area contributed by atoms with Crippen LogP contribution in [0.4, 0.5) is 0 Å². The molecule has 1 saturated heterocycles. The maximum atomic E-state index is 6.14. The summed E-state index contributed by atoms with van der Waals surface area (Å²) in [6, 6.07) is 8.87. The lowest BCUT2D eigenvalue weighted by Gasteiger charge is -2.41. The molecule has 1 aromatic carbocycles. The molecule has 1 aliphatic carbocycles. The van der Waals surface area contributed by atoms with Gasteiger partial charge in [-0.2, -0.15) is 0 Å². The van der Waals surface area contributed by atoms with Gasteiger partial charge in [-0.25, -0.2) is 4.68 Å². The normalized spacial score (nSPS) is 20.6. The number of aromatic nitrogens is 4. The molecule has 2 heterocycles. The average molecular weight is 405 g/mol. The summed E-state index contributed by atoms with van der Waals surface area (Å²) in [7, 11) is 1.70. The molecule has 0 N–H and O–H groups in total. The molecule has 152 valence electrons. The molecular weight excluding hydrogens is 376 g/mol. The van der Waals surface area contributed by atoms with Gasteiger partial charge in [-0.05, 0) is 41.0 Å². The van der Waals surface area contributed by atoms with Crippen LogP contribution >= 0.6 is 11.6 Å². The Bertz CT molecular complexity index is 737. The van der Waals surface area contributed by atoms with Crippen LogP contribution in [-0.2, 0) is 11.3 Å². The van der Waals surface area contributed by atoms with Crippen molar-refractivity contribution >= 4 is 11.6 Å². The number of piperazine rings is 1. The summed E-state index contributed by atoms with van der Waals surface area (Å²) >= 11 is 6.14. The van der Waals surface area contributed by atoms with E-state index in [0.29, 0.717) is 13.2 Å². The molecule has 1 atom stereocenters. The maximum absolute atomic E-state index is 6.14. The van der Waals surface area contributed by atoms with Crippen molar-refractivity contribution in [3.05, 3.63) is 40.7 Å². The molecule has 2 aliphatic rings. The number of hydrogen-bond donors (Lipinski definition) is 0. The summed E-state index contributed by atoms with van der Waals surface area (Å²) in [6.45, 7) is 5.47. The van der Waals surface area contributed by atoms with E-state index in [1.807, 2.05) is 16.8 Å². The standard InChI is InChI=1S/C20H29ClN6O/c1-28-15-14-27-20(22-23-24-27)19(16-6-8-17(21)9-7-16)26-12-10-25(11-13-26)18-4-2-3-5-18/h6-9,18-19H,2-5,10-15H2,1H3/t19-/m0/s1. The van der Waals surface area contributed by atoms with Gasteiger partial charge < -0.3 is 4.74 Å². The second-order valence-corrected chi connectivity index (χ2v) is 8.15. The fourth-order valence-electron chi connectivity index (χ4n) is 4.54. The lowest BCUT2D eigenvalue weighted by atomic mass is 10.0. The molecule has 0 spiro atoms. The van der Waals surface area contributed by atoms with E-state index in [4.69, 9.17) is 16.3 Å². The monoisotopic (exact) mass is 404 g/mol. The first-order valence-electron chi connectivity index (χ1n) is 10.2. The molecule has 2 fully saturated rings. The van der Waals surface area contributed by atoms with Gasteiger partial charge in [-0.15, -0.1) is 5.10 Å². The number of ether oxygens (including phenoxy) is 1. The van der Waals surface area contributed by atoms with Crippen molar-refractivity contribution in [2.45, 2.75) is 44.3 Å². The number of nitrogens with zero attached hydrogens (tertiary/aromatic N) is 6. The Hall–Kier alpha value is -1.54. The molecule has 28 heavy (non-hydrogen) atoms. The second kappa shape index (κ2) is 9.31. The zero-order chi connectivity index (χ0) is 19.3. The van der Waals surface area contributed by atoms with Gasteiger partial charge >= 0.3 is 0 Å². The molecule has 0 bridgehead atoms. The number of tetrazole rings is 1. The van der Waals surface area contributed by atoms with E-state index in [9.17, 15) is 0 Å². The van der Waals surface area contributed by atoms with Gasteiger partial charge in [0.15, 0.2) is 5.82 Å². The van der Waals surface area contributed by atoms with Crippen molar-refractivity contribution in [3.8, 4) is 0 Å². The van der Waals surface area contributed by atoms with Crippen molar-refractivity contribution in [3.63, 3.8) is 0 Å². The summed E-state index contributed by atoms with van der Waals surface area (Å²) in [5.41, 5.74) is 1.17. The Morgan fingerprint density at radius 2 is 1.82 bits per heavy atom. The highest BCUT2D eigenvalue weighted by Crippen LogP contribution is 2.31. The molecule has 0 unspecified atom stereocenters. The Balaban J connectivity index is 1.55. The number of hydrogen-bond acceptors (Lipinski definition) is 6. The van der Waals surface area contributed by atoms with E-state index in [1.165, 1.54) is 31.2 Å². The molecule has 1 aromatic heterocycles. The fraction of sp³-hybridized carbons (Fsp3) is 0.650. The van der Waals surface area contributed by atoms with Crippen LogP contribution in [0.2, 0.25) is 5.02 Å². The van der Waals surface area contributed by atoms with Gasteiger partial charge in [0.05, 0.1) is 19.2 Å². The van der Waals surface area contributed by atoms with Crippen molar-refractivity contribution in [2.24, 2.45) is 0 Å². The summed E-state index contributed by atoms with van der Waals surface area (Å²) in [4.78, 5) is 5.18. The molecule has 8 heteroatoms. The van der Waals surface area contributed by atoms with E-state index in [1.54, 1.807) is 7.11 Å². The third kappa shape index (κ3) is 4.38. The Kier molecular flexibility index (Phi) is 6.57. The van der Waals surface area contributed by atoms with Crippen molar-refractivity contribution in [1.29, 1.82) is 0 Å². The Labute approximate surface area is 171 Å². The SMILES string of the molecule is COCCn1nnnc1[C@H](c1ccc(Cl)cc1)N1CCN(C2CCCC2)CC1. The first kappa shape index (κ1) is 19.8. The molecule has 1 saturated carbocycles. The second-order valence-electron chi connectivity index (χ2n) is 7.72. The smallest absolute Gasteiger partial charge is 0.173 e. The third-order valence-corrected chi connectivity index (χ3v) is 6.30. The lowest BCUT2D eigenvalue weighted by molar-refractivity contribution is 0.0763. The predicted molar refractivity (Wildman–Crippen MR) is 108 cm³/mol. The molecule has 4 rings (SSSR count). The minimum atomic E-state index is 0.0230. The summed E-state index contributed by atoms with van der Waals surface area (Å²) in [5.74, 6) is 0.869. The van der Waals surface area contributed by atoms with Crippen LogP contribution in [0, 0.1) is 0 Å². The van der Waals surface area contributed by atoms with Crippen molar-refractivity contribution < 1.29 is 4.74 Å². The summed E-state index contributed by atoms with van der Waals surface area (Å²) in [5, 5.41) is 13.3. The molecule has 0 amide bonds. The van der Waals surface area contributed by atoms with Crippen LogP contribution in [0.15, 0.2) is 24.3 Å². The van der Waals surface area contributed by atoms with Crippen LogP contribution in [0.5, 0.6) is 0 Å². The number of methoxy groups -OCH3 is 1. The van der Waals surface area contributed by atoms with Crippen LogP contribution in [-0.4, -0.2) is 75.9 Å². The van der Waals surface area contributed by atoms with Crippen LogP contribution in [0.3, 0.4) is 0 Å². The largest absolute Gasteiger partial charge is 0.383 e. The third-order valence-electron chi connectivity index (χ3n) is 6.05. The van der Waals surface area contributed by atoms with E-state index in [2.05, 4.69) is 37.5 Å². The minimum Gasteiger partial charge on any atom is -0.383 e. The van der Waals surface area contributed by atoms with Crippen LogP contribution in [0.25, 0.3) is 0 Å². The van der Waals surface area contributed by atoms with E-state index >= 15 is 0 Å². The Morgan fingerprint density at radius 3 is 2.50 bits per heavy atom. The summed E-state index contributed by atoms with van der Waals surface area (Å²) in [6.07, 6.45) is 5.48. The van der Waals surface area contributed by atoms with Gasteiger partial charge in [0, 0.05) is 44.4 Å². The summed E-state index contributed by atoms with van der Waals surface area (Å²) < 4.78 is 7.10. The van der Waals surface area contributed by atoms with Gasteiger partial charge in [-0.3, -0.25) is 9.80 Å². The number of benzene rings is 1. The zero-order valence-electron chi connectivity index (χ0n) is 16.5. The predicted octanol–water partition coefficient (Wildman–Crippen LogP) is 2.62. The highest BCUT2D eigenvalue weighted by molar-refractivity contribution is 6.30. The quantitative estimate of drug-likeness (QED) is 0.707. The van der Waals surface area contributed by atoms with Crippen LogP contribution in [0.1, 0.15) is 43.1 Å². The van der Waals surface area contributed by atoms with E-state index < -0.39 is 0 Å². The zero-order valence-corrected chi connectivity index (χ0v) is 17.3. The molecule has 1 aliphatic heterocycles. The van der Waals surface area contributed by atoms with Gasteiger partial charge in [0.25, 0.3) is 0 Å². The highest BCUT2D eigenvalue weighted by atomic mass is 35.5. The van der Waals surface area contributed by atoms with Crippen LogP contribution < -0.4 is 0 Å². The molecule has 2 aromatic rings. The number of halogens is 1. The maximum Gasteiger partial charge on any atom is 0.173 e. The van der Waals surface area contributed by atoms with Crippen molar-refractivity contribution in [2.75, 3.05) is 39.9 Å². The first-order valence-corrected chi connectivity index (χ1v) is 10.6. The molecule has 0 radical (unpaired) electrons. The Morgan fingerprint density at radius 1 is 1.11 bits per heavy atom. The van der Waals surface area contributed by atoms with E-state index in [0.717, 1.165) is 43.1 Å². The first-order chi connectivity index (χ1) is 13.8. The minimum absolute atomic E-state index is 0.0230. The molecule has 7 nitrogen and oxygen atoms in total. The highest BCUT2D eigenvalue weighted by Gasteiger charge is 2.32.